The highest BCUT2D eigenvalue weighted by molar-refractivity contribution is 6.00. The van der Waals surface area contributed by atoms with Crippen molar-refractivity contribution in [3.8, 4) is 5.75 Å². The maximum absolute atomic E-state index is 13.4. The third kappa shape index (κ3) is 8.87. The van der Waals surface area contributed by atoms with Crippen molar-refractivity contribution in [3.05, 3.63) is 83.7 Å². The van der Waals surface area contributed by atoms with E-state index in [0.29, 0.717) is 22.7 Å². The lowest BCUT2D eigenvalue weighted by atomic mass is 10.0. The summed E-state index contributed by atoms with van der Waals surface area (Å²) in [7, 11) is 1.57. The van der Waals surface area contributed by atoms with Gasteiger partial charge in [-0.2, -0.15) is 13.2 Å². The number of amides is 5. The molecule has 0 unspecified atom stereocenters. The van der Waals surface area contributed by atoms with Crippen LogP contribution in [0.1, 0.15) is 25.0 Å². The topological polar surface area (TPSA) is 123 Å². The van der Waals surface area contributed by atoms with E-state index >= 15 is 0 Å². The first-order chi connectivity index (χ1) is 21.7. The van der Waals surface area contributed by atoms with Crippen LogP contribution in [0.5, 0.6) is 5.75 Å². The van der Waals surface area contributed by atoms with E-state index in [1.54, 1.807) is 37.1 Å². The van der Waals surface area contributed by atoms with Gasteiger partial charge in [-0.15, -0.1) is 0 Å². The number of ether oxygens (including phenoxy) is 1. The third-order valence-corrected chi connectivity index (χ3v) is 7.54. The highest BCUT2D eigenvalue weighted by atomic mass is 19.4. The van der Waals surface area contributed by atoms with Crippen molar-refractivity contribution in [2.45, 2.75) is 38.6 Å². The van der Waals surface area contributed by atoms with Gasteiger partial charge in [-0.3, -0.25) is 4.79 Å². The van der Waals surface area contributed by atoms with Crippen LogP contribution in [-0.4, -0.2) is 71.8 Å². The molecule has 0 spiro atoms. The first kappa shape index (κ1) is 34.0. The van der Waals surface area contributed by atoms with Gasteiger partial charge < -0.3 is 35.6 Å². The summed E-state index contributed by atoms with van der Waals surface area (Å²) >= 11 is 0. The standard InChI is InChI=1S/C32H35F4N5O5/c1-19-16-41(20(2)18-42)29(43)15-21-14-26(38-30(44)37-24-8-4-22(5-9-24)32(34,35)36)12-13-27(21)46-28(19)17-40(3)31(45)39-25-10-6-23(33)7-11-25/h4-14,19-20,28,42H,15-18H2,1-3H3,(H,39,45)(H2,37,38,44)/t19-,20-,28+/m1/s1. The van der Waals surface area contributed by atoms with Gasteiger partial charge in [-0.05, 0) is 73.7 Å². The lowest BCUT2D eigenvalue weighted by molar-refractivity contribution is -0.137. The quantitative estimate of drug-likeness (QED) is 0.242. The first-order valence-electron chi connectivity index (χ1n) is 14.5. The number of benzene rings is 3. The maximum Gasteiger partial charge on any atom is 0.416 e. The number of anilines is 3. The fraction of sp³-hybridized carbons (Fsp3) is 0.344. The number of likely N-dealkylation sites (N-methyl/N-ethyl adjacent to an activating group) is 1. The van der Waals surface area contributed by atoms with Crippen LogP contribution in [0.25, 0.3) is 0 Å². The van der Waals surface area contributed by atoms with E-state index in [2.05, 4.69) is 16.0 Å². The fourth-order valence-corrected chi connectivity index (χ4v) is 4.87. The third-order valence-electron chi connectivity index (χ3n) is 7.54. The largest absolute Gasteiger partial charge is 0.488 e. The Morgan fingerprint density at radius 2 is 1.59 bits per heavy atom. The molecule has 0 aliphatic carbocycles. The minimum Gasteiger partial charge on any atom is -0.488 e. The molecule has 246 valence electrons. The molecule has 4 N–H and O–H groups in total. The molecular formula is C32H35F4N5O5. The van der Waals surface area contributed by atoms with Crippen LogP contribution in [-0.2, 0) is 17.4 Å². The first-order valence-corrected chi connectivity index (χ1v) is 14.5. The van der Waals surface area contributed by atoms with Gasteiger partial charge in [0.05, 0.1) is 31.2 Å². The molecule has 1 aliphatic rings. The molecule has 3 aromatic rings. The molecule has 3 atom stereocenters. The lowest BCUT2D eigenvalue weighted by Crippen LogP contribution is -2.48. The minimum absolute atomic E-state index is 0.110. The number of rotatable bonds is 7. The number of aliphatic hydroxyl groups excluding tert-OH is 1. The Kier molecular flexibility index (Phi) is 10.7. The molecule has 1 aliphatic heterocycles. The van der Waals surface area contributed by atoms with Crippen molar-refractivity contribution in [2.75, 3.05) is 42.7 Å². The Labute approximate surface area is 263 Å². The number of nitrogens with one attached hydrogen (secondary N) is 3. The zero-order valence-corrected chi connectivity index (χ0v) is 25.4. The number of aliphatic hydroxyl groups is 1. The number of hydrogen-bond acceptors (Lipinski definition) is 5. The van der Waals surface area contributed by atoms with Crippen LogP contribution in [0.4, 0.5) is 44.2 Å². The zero-order valence-electron chi connectivity index (χ0n) is 25.4. The van der Waals surface area contributed by atoms with Crippen LogP contribution in [0.3, 0.4) is 0 Å². The Bertz CT molecular complexity index is 1540. The summed E-state index contributed by atoms with van der Waals surface area (Å²) in [5.74, 6) is -0.665. The van der Waals surface area contributed by atoms with Crippen LogP contribution < -0.4 is 20.7 Å². The number of nitrogens with zero attached hydrogens (tertiary/aromatic N) is 2. The predicted molar refractivity (Wildman–Crippen MR) is 164 cm³/mol. The number of carbonyl (C=O) groups excluding carboxylic acids is 3. The summed E-state index contributed by atoms with van der Waals surface area (Å²) in [4.78, 5) is 42.0. The number of halogens is 4. The summed E-state index contributed by atoms with van der Waals surface area (Å²) in [6, 6.07) is 12.3. The van der Waals surface area contributed by atoms with E-state index in [1.807, 2.05) is 6.92 Å². The predicted octanol–water partition coefficient (Wildman–Crippen LogP) is 5.80. The van der Waals surface area contributed by atoms with Gasteiger partial charge in [0, 0.05) is 42.1 Å². The molecule has 1 heterocycles. The summed E-state index contributed by atoms with van der Waals surface area (Å²) in [5.41, 5.74) is 0.427. The van der Waals surface area contributed by atoms with Crippen molar-refractivity contribution >= 4 is 35.0 Å². The van der Waals surface area contributed by atoms with E-state index in [1.165, 1.54) is 29.2 Å². The Balaban J connectivity index is 1.53. The number of alkyl halides is 3. The number of carbonyl (C=O) groups is 3. The normalized spacial score (nSPS) is 17.4. The van der Waals surface area contributed by atoms with E-state index < -0.39 is 41.8 Å². The molecule has 0 bridgehead atoms. The Morgan fingerprint density at radius 3 is 2.22 bits per heavy atom. The van der Waals surface area contributed by atoms with Crippen molar-refractivity contribution < 1.29 is 41.8 Å². The molecule has 0 saturated heterocycles. The molecule has 3 aromatic carbocycles. The number of urea groups is 2. The lowest BCUT2D eigenvalue weighted by Gasteiger charge is -2.34. The van der Waals surface area contributed by atoms with Gasteiger partial charge in [0.1, 0.15) is 17.7 Å². The smallest absolute Gasteiger partial charge is 0.416 e. The summed E-state index contributed by atoms with van der Waals surface area (Å²) in [6.45, 7) is 3.65. The van der Waals surface area contributed by atoms with Gasteiger partial charge in [-0.1, -0.05) is 6.92 Å². The van der Waals surface area contributed by atoms with Gasteiger partial charge >= 0.3 is 18.2 Å². The van der Waals surface area contributed by atoms with Crippen LogP contribution in [0.2, 0.25) is 0 Å². The van der Waals surface area contributed by atoms with Gasteiger partial charge in [0.2, 0.25) is 5.91 Å². The molecular weight excluding hydrogens is 610 g/mol. The molecule has 0 aromatic heterocycles. The van der Waals surface area contributed by atoms with Crippen molar-refractivity contribution in [3.63, 3.8) is 0 Å². The van der Waals surface area contributed by atoms with Crippen LogP contribution in [0, 0.1) is 11.7 Å². The summed E-state index contributed by atoms with van der Waals surface area (Å²) in [6.07, 6.45) is -5.23. The van der Waals surface area contributed by atoms with Crippen molar-refractivity contribution in [1.29, 1.82) is 0 Å². The molecule has 0 saturated carbocycles. The van der Waals surface area contributed by atoms with E-state index in [0.717, 1.165) is 24.3 Å². The molecule has 5 amide bonds. The van der Waals surface area contributed by atoms with Gasteiger partial charge in [0.15, 0.2) is 0 Å². The zero-order chi connectivity index (χ0) is 33.6. The molecule has 14 heteroatoms. The van der Waals surface area contributed by atoms with Gasteiger partial charge in [0.25, 0.3) is 0 Å². The Morgan fingerprint density at radius 1 is 1.00 bits per heavy atom. The van der Waals surface area contributed by atoms with Gasteiger partial charge in [-0.25, -0.2) is 14.0 Å². The number of hydrogen-bond donors (Lipinski definition) is 4. The monoisotopic (exact) mass is 645 g/mol. The minimum atomic E-state index is -4.51. The van der Waals surface area contributed by atoms with Crippen molar-refractivity contribution in [2.24, 2.45) is 5.92 Å². The SMILES string of the molecule is C[C@@H]1CN([C@H](C)CO)C(=O)Cc2cc(NC(=O)Nc3ccc(C(F)(F)F)cc3)ccc2O[C@H]1CN(C)C(=O)Nc1ccc(F)cc1. The molecule has 0 fully saturated rings. The highest BCUT2D eigenvalue weighted by Crippen LogP contribution is 2.31. The second-order valence-corrected chi connectivity index (χ2v) is 11.2. The number of fused-ring (bicyclic) bond motifs is 1. The van der Waals surface area contributed by atoms with Crippen molar-refractivity contribution in [1.82, 2.24) is 9.80 Å². The Hall–Kier alpha value is -4.85. The average Bonchev–Trinajstić information content (AvgIpc) is 3.05. The molecule has 0 radical (unpaired) electrons. The van der Waals surface area contributed by atoms with Crippen LogP contribution >= 0.6 is 0 Å². The van der Waals surface area contributed by atoms with E-state index in [4.69, 9.17) is 4.74 Å². The second-order valence-electron chi connectivity index (χ2n) is 11.2. The van der Waals surface area contributed by atoms with E-state index in [-0.39, 0.29) is 43.6 Å². The van der Waals surface area contributed by atoms with E-state index in [9.17, 15) is 37.1 Å². The molecule has 46 heavy (non-hydrogen) atoms. The van der Waals surface area contributed by atoms with Crippen LogP contribution in [0.15, 0.2) is 66.7 Å². The summed E-state index contributed by atoms with van der Waals surface area (Å²) in [5, 5.41) is 17.6. The molecule has 4 rings (SSSR count). The maximum atomic E-state index is 13.4. The fourth-order valence-electron chi connectivity index (χ4n) is 4.87. The molecule has 10 nitrogen and oxygen atoms in total. The second kappa shape index (κ2) is 14.5. The average molecular weight is 646 g/mol. The summed E-state index contributed by atoms with van der Waals surface area (Å²) < 4.78 is 58.2. The highest BCUT2D eigenvalue weighted by Gasteiger charge is 2.32.